The van der Waals surface area contributed by atoms with Crippen molar-refractivity contribution in [3.8, 4) is 0 Å². The van der Waals surface area contributed by atoms with Gasteiger partial charge < -0.3 is 9.47 Å². The van der Waals surface area contributed by atoms with E-state index in [1.807, 2.05) is 51.1 Å². The van der Waals surface area contributed by atoms with Crippen molar-refractivity contribution < 1.29 is 14.3 Å². The second kappa shape index (κ2) is 7.07. The third kappa shape index (κ3) is 5.50. The molecule has 0 amide bonds. The molecule has 0 N–H and O–H groups in total. The van der Waals surface area contributed by atoms with Crippen LogP contribution in [0.2, 0.25) is 0 Å². The summed E-state index contributed by atoms with van der Waals surface area (Å²) in [6.07, 6.45) is -0.200. The monoisotopic (exact) mass is 236 g/mol. The van der Waals surface area contributed by atoms with Crippen LogP contribution in [0.3, 0.4) is 0 Å². The zero-order valence-electron chi connectivity index (χ0n) is 10.7. The maximum absolute atomic E-state index is 11.3. The lowest BCUT2D eigenvalue weighted by atomic mass is 10.2. The molecule has 0 aliphatic carbocycles. The highest BCUT2D eigenvalue weighted by molar-refractivity contribution is 5.71. The normalized spacial score (nSPS) is 12.5. The Morgan fingerprint density at radius 3 is 2.41 bits per heavy atom. The third-order valence-electron chi connectivity index (χ3n) is 2.25. The summed E-state index contributed by atoms with van der Waals surface area (Å²) in [5, 5.41) is 0. The van der Waals surface area contributed by atoms with Crippen LogP contribution in [-0.2, 0) is 20.9 Å². The molecule has 3 heteroatoms. The van der Waals surface area contributed by atoms with E-state index in [-0.39, 0.29) is 18.0 Å². The smallest absolute Gasteiger partial charge is 0.308 e. The van der Waals surface area contributed by atoms with Gasteiger partial charge in [0.25, 0.3) is 0 Å². The first kappa shape index (κ1) is 13.7. The van der Waals surface area contributed by atoms with E-state index in [2.05, 4.69) is 0 Å². The average molecular weight is 236 g/mol. The molecule has 1 atom stereocenters. The van der Waals surface area contributed by atoms with Crippen molar-refractivity contribution in [2.45, 2.75) is 33.5 Å². The molecular weight excluding hydrogens is 216 g/mol. The molecule has 17 heavy (non-hydrogen) atoms. The highest BCUT2D eigenvalue weighted by atomic mass is 16.6. The van der Waals surface area contributed by atoms with Crippen molar-refractivity contribution in [3.05, 3.63) is 35.9 Å². The molecule has 0 spiro atoms. The summed E-state index contributed by atoms with van der Waals surface area (Å²) in [4.78, 5) is 11.3. The fraction of sp³-hybridized carbons (Fsp3) is 0.500. The lowest BCUT2D eigenvalue weighted by Crippen LogP contribution is -2.23. The number of carbonyl (C=O) groups excluding carboxylic acids is 1. The Morgan fingerprint density at radius 2 is 1.82 bits per heavy atom. The topological polar surface area (TPSA) is 35.5 Å². The van der Waals surface area contributed by atoms with Gasteiger partial charge in [-0.3, -0.25) is 4.79 Å². The van der Waals surface area contributed by atoms with Gasteiger partial charge in [0.05, 0.1) is 19.1 Å². The quantitative estimate of drug-likeness (QED) is 0.712. The van der Waals surface area contributed by atoms with E-state index in [1.165, 1.54) is 0 Å². The van der Waals surface area contributed by atoms with E-state index in [0.717, 1.165) is 5.56 Å². The number of rotatable bonds is 6. The molecule has 1 aromatic rings. The first-order chi connectivity index (χ1) is 8.09. The highest BCUT2D eigenvalue weighted by Crippen LogP contribution is 2.04. The van der Waals surface area contributed by atoms with Crippen molar-refractivity contribution in [3.63, 3.8) is 0 Å². The van der Waals surface area contributed by atoms with Crippen LogP contribution >= 0.6 is 0 Å². The van der Waals surface area contributed by atoms with Crippen molar-refractivity contribution in [2.75, 3.05) is 6.61 Å². The van der Waals surface area contributed by atoms with E-state index >= 15 is 0 Å². The summed E-state index contributed by atoms with van der Waals surface area (Å²) in [5.74, 6) is -0.271. The average Bonchev–Trinajstić information content (AvgIpc) is 2.30. The SMILES string of the molecule is CC(C)C(=O)O[C@@H](C)COCc1ccccc1. The maximum Gasteiger partial charge on any atom is 0.308 e. The van der Waals surface area contributed by atoms with Gasteiger partial charge in [-0.15, -0.1) is 0 Å². The fourth-order valence-electron chi connectivity index (χ4n) is 1.29. The van der Waals surface area contributed by atoms with Gasteiger partial charge in [-0.05, 0) is 12.5 Å². The molecule has 0 fully saturated rings. The largest absolute Gasteiger partial charge is 0.460 e. The van der Waals surface area contributed by atoms with Crippen molar-refractivity contribution in [1.29, 1.82) is 0 Å². The lowest BCUT2D eigenvalue weighted by molar-refractivity contribution is -0.155. The Balaban J connectivity index is 2.20. The molecule has 0 aliphatic heterocycles. The molecule has 0 aliphatic rings. The number of benzene rings is 1. The van der Waals surface area contributed by atoms with E-state index in [9.17, 15) is 4.79 Å². The summed E-state index contributed by atoms with van der Waals surface area (Å²) in [6, 6.07) is 9.92. The molecule has 1 aromatic carbocycles. The molecule has 0 bridgehead atoms. The van der Waals surface area contributed by atoms with Crippen LogP contribution in [0, 0.1) is 5.92 Å². The molecule has 0 aromatic heterocycles. The molecule has 0 radical (unpaired) electrons. The summed E-state index contributed by atoms with van der Waals surface area (Å²) in [7, 11) is 0. The molecule has 0 heterocycles. The van der Waals surface area contributed by atoms with Gasteiger partial charge in [-0.1, -0.05) is 44.2 Å². The second-order valence-corrected chi connectivity index (χ2v) is 4.40. The number of ether oxygens (including phenoxy) is 2. The van der Waals surface area contributed by atoms with Crippen LogP contribution in [0.4, 0.5) is 0 Å². The summed E-state index contributed by atoms with van der Waals surface area (Å²) >= 11 is 0. The van der Waals surface area contributed by atoms with Gasteiger partial charge in [0.1, 0.15) is 6.10 Å². The van der Waals surface area contributed by atoms with Crippen LogP contribution in [0.25, 0.3) is 0 Å². The van der Waals surface area contributed by atoms with E-state index < -0.39 is 0 Å². The minimum atomic E-state index is -0.200. The minimum absolute atomic E-state index is 0.0911. The Kier molecular flexibility index (Phi) is 5.70. The maximum atomic E-state index is 11.3. The lowest BCUT2D eigenvalue weighted by Gasteiger charge is -2.15. The Morgan fingerprint density at radius 1 is 1.18 bits per heavy atom. The highest BCUT2D eigenvalue weighted by Gasteiger charge is 2.12. The molecule has 94 valence electrons. The zero-order valence-corrected chi connectivity index (χ0v) is 10.7. The molecule has 3 nitrogen and oxygen atoms in total. The molecular formula is C14H20O3. The zero-order chi connectivity index (χ0) is 12.7. The Hall–Kier alpha value is -1.35. The first-order valence-corrected chi connectivity index (χ1v) is 5.91. The molecule has 0 saturated heterocycles. The summed E-state index contributed by atoms with van der Waals surface area (Å²) in [5.41, 5.74) is 1.12. The van der Waals surface area contributed by atoms with Gasteiger partial charge >= 0.3 is 5.97 Å². The van der Waals surface area contributed by atoms with E-state index in [1.54, 1.807) is 0 Å². The molecule has 0 saturated carbocycles. The Bertz CT molecular complexity index is 333. The molecule has 1 rings (SSSR count). The minimum Gasteiger partial charge on any atom is -0.460 e. The third-order valence-corrected chi connectivity index (χ3v) is 2.25. The van der Waals surface area contributed by atoms with Crippen LogP contribution < -0.4 is 0 Å². The van der Waals surface area contributed by atoms with Crippen LogP contribution in [0.1, 0.15) is 26.3 Å². The summed E-state index contributed by atoms with van der Waals surface area (Å²) < 4.78 is 10.7. The second-order valence-electron chi connectivity index (χ2n) is 4.40. The molecule has 0 unspecified atom stereocenters. The Labute approximate surface area is 103 Å². The number of esters is 1. The van der Waals surface area contributed by atoms with Crippen LogP contribution in [-0.4, -0.2) is 18.7 Å². The number of hydrogen-bond donors (Lipinski definition) is 0. The van der Waals surface area contributed by atoms with Crippen molar-refractivity contribution in [2.24, 2.45) is 5.92 Å². The van der Waals surface area contributed by atoms with Gasteiger partial charge in [0.15, 0.2) is 0 Å². The van der Waals surface area contributed by atoms with Crippen LogP contribution in [0.15, 0.2) is 30.3 Å². The van der Waals surface area contributed by atoms with Crippen molar-refractivity contribution >= 4 is 5.97 Å². The van der Waals surface area contributed by atoms with Gasteiger partial charge in [-0.2, -0.15) is 0 Å². The predicted octanol–water partition coefficient (Wildman–Crippen LogP) is 2.79. The van der Waals surface area contributed by atoms with Gasteiger partial charge in [0.2, 0.25) is 0 Å². The summed E-state index contributed by atoms with van der Waals surface area (Å²) in [6.45, 7) is 6.45. The van der Waals surface area contributed by atoms with E-state index in [0.29, 0.717) is 13.2 Å². The van der Waals surface area contributed by atoms with Crippen LogP contribution in [0.5, 0.6) is 0 Å². The van der Waals surface area contributed by atoms with Crippen molar-refractivity contribution in [1.82, 2.24) is 0 Å². The number of hydrogen-bond acceptors (Lipinski definition) is 3. The number of carbonyl (C=O) groups is 1. The van der Waals surface area contributed by atoms with Gasteiger partial charge in [0, 0.05) is 0 Å². The standard InChI is InChI=1S/C14H20O3/c1-11(2)14(15)17-12(3)9-16-10-13-7-5-4-6-8-13/h4-8,11-12H,9-10H2,1-3H3/t12-/m0/s1. The first-order valence-electron chi connectivity index (χ1n) is 5.91. The fourth-order valence-corrected chi connectivity index (χ4v) is 1.29. The van der Waals surface area contributed by atoms with Gasteiger partial charge in [-0.25, -0.2) is 0 Å². The predicted molar refractivity (Wildman–Crippen MR) is 66.5 cm³/mol. The van der Waals surface area contributed by atoms with E-state index in [4.69, 9.17) is 9.47 Å².